The molecule has 0 atom stereocenters. The molecule has 5 rings (SSSR count). The Balaban J connectivity index is 1.58. The van der Waals surface area contributed by atoms with Crippen LogP contribution in [-0.4, -0.2) is 24.5 Å². The lowest BCUT2D eigenvalue weighted by atomic mass is 10.2. The van der Waals surface area contributed by atoms with Crippen LogP contribution in [0.1, 0.15) is 11.3 Å². The van der Waals surface area contributed by atoms with E-state index in [4.69, 9.17) is 21.6 Å². The van der Waals surface area contributed by atoms with Gasteiger partial charge < -0.3 is 4.42 Å². The number of carbonyl (C=O) groups is 1. The number of thioether (sulfide) groups is 1. The van der Waals surface area contributed by atoms with E-state index in [-0.39, 0.29) is 18.0 Å². The van der Waals surface area contributed by atoms with Crippen LogP contribution < -0.4 is 5.56 Å². The molecule has 32 heavy (non-hydrogen) atoms. The van der Waals surface area contributed by atoms with E-state index < -0.39 is 0 Å². The molecule has 6 nitrogen and oxygen atoms in total. The zero-order chi connectivity index (χ0) is 22.1. The molecule has 158 valence electrons. The van der Waals surface area contributed by atoms with Crippen molar-refractivity contribution in [3.05, 3.63) is 99.7 Å². The van der Waals surface area contributed by atoms with Crippen LogP contribution >= 0.6 is 35.7 Å². The summed E-state index contributed by atoms with van der Waals surface area (Å²) in [5.41, 5.74) is 0.643. The van der Waals surface area contributed by atoms with E-state index in [1.807, 2.05) is 36.4 Å². The highest BCUT2D eigenvalue weighted by atomic mass is 32.2. The van der Waals surface area contributed by atoms with Crippen LogP contribution in [0.3, 0.4) is 0 Å². The van der Waals surface area contributed by atoms with E-state index in [0.29, 0.717) is 31.2 Å². The van der Waals surface area contributed by atoms with Crippen molar-refractivity contribution in [3.8, 4) is 0 Å². The van der Waals surface area contributed by atoms with Gasteiger partial charge in [-0.25, -0.2) is 4.98 Å². The summed E-state index contributed by atoms with van der Waals surface area (Å²) in [6.45, 7) is 0.246. The summed E-state index contributed by atoms with van der Waals surface area (Å²) >= 11 is 7.96. The van der Waals surface area contributed by atoms with E-state index in [1.165, 1.54) is 32.8 Å². The minimum atomic E-state index is -0.260. The zero-order valence-corrected chi connectivity index (χ0v) is 19.0. The van der Waals surface area contributed by atoms with Crippen LogP contribution in [0, 0.1) is 0 Å². The summed E-state index contributed by atoms with van der Waals surface area (Å²) < 4.78 is 7.25. The molecule has 4 heterocycles. The number of hydrogen-bond donors (Lipinski definition) is 0. The number of benzene rings is 1. The summed E-state index contributed by atoms with van der Waals surface area (Å²) in [4.78, 5) is 33.9. The number of pyridine rings is 1. The first-order valence-corrected chi connectivity index (χ1v) is 11.7. The standard InChI is InChI=1S/C23H15N3O3S3/c27-21-17(13-18-22(28)26(23(30)32-18)14-15-7-6-12-29-15)20(31-16-8-2-1-3-9-16)24-19-10-4-5-11-25(19)21/h1-13H,14H2. The fourth-order valence-electron chi connectivity index (χ4n) is 3.21. The normalized spacial score (nSPS) is 15.2. The van der Waals surface area contributed by atoms with Crippen molar-refractivity contribution in [3.63, 3.8) is 0 Å². The lowest BCUT2D eigenvalue weighted by molar-refractivity contribution is -0.122. The fraction of sp³-hybridized carbons (Fsp3) is 0.0435. The molecule has 1 amide bonds. The Morgan fingerprint density at radius 3 is 2.66 bits per heavy atom. The molecule has 1 fully saturated rings. The van der Waals surface area contributed by atoms with Gasteiger partial charge in [-0.2, -0.15) is 0 Å². The number of aromatic nitrogens is 2. The zero-order valence-electron chi connectivity index (χ0n) is 16.5. The van der Waals surface area contributed by atoms with Gasteiger partial charge in [0.25, 0.3) is 11.5 Å². The van der Waals surface area contributed by atoms with E-state index in [2.05, 4.69) is 0 Å². The molecular formula is C23H15N3O3S3. The minimum absolute atomic E-state index is 0.245. The highest BCUT2D eigenvalue weighted by Gasteiger charge is 2.33. The average Bonchev–Trinajstić information content (AvgIpc) is 3.41. The van der Waals surface area contributed by atoms with Crippen LogP contribution in [0.25, 0.3) is 11.7 Å². The predicted molar refractivity (Wildman–Crippen MR) is 129 cm³/mol. The Morgan fingerprint density at radius 2 is 1.88 bits per heavy atom. The van der Waals surface area contributed by atoms with Gasteiger partial charge in [-0.15, -0.1) is 0 Å². The molecule has 0 aliphatic carbocycles. The third-order valence-corrected chi connectivity index (χ3v) is 7.13. The minimum Gasteiger partial charge on any atom is -0.467 e. The maximum atomic E-state index is 13.3. The van der Waals surface area contributed by atoms with Gasteiger partial charge in [0.05, 0.1) is 23.3 Å². The van der Waals surface area contributed by atoms with Crippen molar-refractivity contribution in [2.24, 2.45) is 0 Å². The summed E-state index contributed by atoms with van der Waals surface area (Å²) in [5, 5.41) is 0.531. The molecule has 0 spiro atoms. The maximum absolute atomic E-state index is 13.3. The molecule has 3 aromatic heterocycles. The molecular weight excluding hydrogens is 462 g/mol. The van der Waals surface area contributed by atoms with Crippen LogP contribution in [0.15, 0.2) is 97.2 Å². The average molecular weight is 478 g/mol. The number of carbonyl (C=O) groups excluding carboxylic acids is 1. The Hall–Kier alpha value is -3.14. The molecule has 0 radical (unpaired) electrons. The van der Waals surface area contributed by atoms with Gasteiger partial charge in [0.2, 0.25) is 0 Å². The van der Waals surface area contributed by atoms with Gasteiger partial charge in [0.15, 0.2) is 0 Å². The Kier molecular flexibility index (Phi) is 5.69. The lowest BCUT2D eigenvalue weighted by Gasteiger charge is -2.12. The molecule has 4 aromatic rings. The SMILES string of the molecule is O=C1C(=Cc2c(Sc3ccccc3)nc3ccccn3c2=O)SC(=S)N1Cc1ccco1. The molecule has 1 aliphatic heterocycles. The number of fused-ring (bicyclic) bond motifs is 1. The second kappa shape index (κ2) is 8.78. The lowest BCUT2D eigenvalue weighted by Crippen LogP contribution is -2.27. The van der Waals surface area contributed by atoms with E-state index >= 15 is 0 Å². The number of thiocarbonyl (C=S) groups is 1. The van der Waals surface area contributed by atoms with Crippen LogP contribution in [0.5, 0.6) is 0 Å². The van der Waals surface area contributed by atoms with Gasteiger partial charge in [-0.3, -0.25) is 18.9 Å². The molecule has 0 N–H and O–H groups in total. The summed E-state index contributed by atoms with van der Waals surface area (Å²) in [6.07, 6.45) is 4.82. The van der Waals surface area contributed by atoms with Crippen molar-refractivity contribution in [2.75, 3.05) is 0 Å². The van der Waals surface area contributed by atoms with E-state index in [0.717, 1.165) is 4.90 Å². The quantitative estimate of drug-likeness (QED) is 0.231. The van der Waals surface area contributed by atoms with Crippen LogP contribution in [-0.2, 0) is 11.3 Å². The van der Waals surface area contributed by atoms with E-state index in [1.54, 1.807) is 42.8 Å². The molecule has 0 saturated carbocycles. The molecule has 0 bridgehead atoms. The first kappa shape index (κ1) is 20.7. The summed E-state index contributed by atoms with van der Waals surface area (Å²) in [7, 11) is 0. The largest absolute Gasteiger partial charge is 0.467 e. The second-order valence-electron chi connectivity index (χ2n) is 6.83. The Morgan fingerprint density at radius 1 is 1.06 bits per heavy atom. The molecule has 1 aliphatic rings. The Labute approximate surface area is 197 Å². The maximum Gasteiger partial charge on any atom is 0.266 e. The fourth-order valence-corrected chi connectivity index (χ4v) is 5.36. The summed E-state index contributed by atoms with van der Waals surface area (Å²) in [6, 6.07) is 18.6. The first-order valence-electron chi connectivity index (χ1n) is 9.62. The number of hydrogen-bond acceptors (Lipinski definition) is 7. The monoisotopic (exact) mass is 477 g/mol. The van der Waals surface area contributed by atoms with Gasteiger partial charge >= 0.3 is 0 Å². The summed E-state index contributed by atoms with van der Waals surface area (Å²) in [5.74, 6) is 0.375. The number of rotatable bonds is 5. The van der Waals surface area contributed by atoms with Crippen LogP contribution in [0.2, 0.25) is 0 Å². The van der Waals surface area contributed by atoms with Gasteiger partial charge in [0, 0.05) is 11.1 Å². The topological polar surface area (TPSA) is 67.8 Å². The Bertz CT molecular complexity index is 1410. The molecule has 0 unspecified atom stereocenters. The highest BCUT2D eigenvalue weighted by molar-refractivity contribution is 8.26. The van der Waals surface area contributed by atoms with E-state index in [9.17, 15) is 9.59 Å². The number of furan rings is 1. The third kappa shape index (κ3) is 4.02. The smallest absolute Gasteiger partial charge is 0.266 e. The molecule has 9 heteroatoms. The number of nitrogens with zero attached hydrogens (tertiary/aromatic N) is 3. The van der Waals surface area contributed by atoms with Crippen molar-refractivity contribution in [1.82, 2.24) is 14.3 Å². The van der Waals surface area contributed by atoms with Crippen molar-refractivity contribution < 1.29 is 9.21 Å². The third-order valence-electron chi connectivity index (χ3n) is 4.73. The van der Waals surface area contributed by atoms with Gasteiger partial charge in [0.1, 0.15) is 20.8 Å². The first-order chi connectivity index (χ1) is 15.6. The van der Waals surface area contributed by atoms with Crippen LogP contribution in [0.4, 0.5) is 0 Å². The van der Waals surface area contributed by atoms with Gasteiger partial charge in [-0.1, -0.05) is 60.0 Å². The van der Waals surface area contributed by atoms with Crippen molar-refractivity contribution in [2.45, 2.75) is 16.5 Å². The molecule has 1 saturated heterocycles. The molecule has 1 aromatic carbocycles. The highest BCUT2D eigenvalue weighted by Crippen LogP contribution is 2.35. The van der Waals surface area contributed by atoms with Crippen molar-refractivity contribution in [1.29, 1.82) is 0 Å². The van der Waals surface area contributed by atoms with Crippen molar-refractivity contribution >= 4 is 57.7 Å². The predicted octanol–water partition coefficient (Wildman–Crippen LogP) is 4.84. The van der Waals surface area contributed by atoms with Gasteiger partial charge in [-0.05, 0) is 42.5 Å². The number of amides is 1. The second-order valence-corrected chi connectivity index (χ2v) is 9.56.